The zero-order valence-corrected chi connectivity index (χ0v) is 12.7. The van der Waals surface area contributed by atoms with Crippen molar-refractivity contribution >= 4 is 17.7 Å². The molecule has 0 aliphatic carbocycles. The third-order valence-electron chi connectivity index (χ3n) is 4.23. The molecule has 2 aromatic heterocycles. The lowest BCUT2D eigenvalue weighted by atomic mass is 9.87. The number of carboxylic acids is 1. The molecular formula is C14H18N6O3. The van der Waals surface area contributed by atoms with E-state index in [1.807, 2.05) is 4.90 Å². The molecule has 0 spiro atoms. The van der Waals surface area contributed by atoms with E-state index >= 15 is 0 Å². The van der Waals surface area contributed by atoms with Gasteiger partial charge >= 0.3 is 5.97 Å². The highest BCUT2D eigenvalue weighted by Crippen LogP contribution is 2.33. The number of nitrogens with zero attached hydrogens (tertiary/aromatic N) is 5. The molecule has 122 valence electrons. The maximum absolute atomic E-state index is 11.8. The fourth-order valence-corrected chi connectivity index (χ4v) is 2.90. The SMILES string of the molecule is COc1cc(N2CCC(C(=O)O)(n3ccnc3)CC2)nc(N)n1. The Morgan fingerprint density at radius 2 is 2.13 bits per heavy atom. The number of hydrogen-bond donors (Lipinski definition) is 2. The minimum atomic E-state index is -0.977. The van der Waals surface area contributed by atoms with Gasteiger partial charge in [-0.05, 0) is 12.8 Å². The van der Waals surface area contributed by atoms with Crippen molar-refractivity contribution in [2.24, 2.45) is 0 Å². The molecule has 2 aromatic rings. The standard InChI is InChI=1S/C14H18N6O3/c1-23-11-8-10(17-13(15)18-11)19-5-2-14(3-6-19,12(21)22)20-7-4-16-9-20/h4,7-9H,2-3,5-6H2,1H3,(H,21,22)(H2,15,17,18). The maximum Gasteiger partial charge on any atom is 0.330 e. The van der Waals surface area contributed by atoms with E-state index in [2.05, 4.69) is 15.0 Å². The minimum Gasteiger partial charge on any atom is -0.481 e. The van der Waals surface area contributed by atoms with Crippen molar-refractivity contribution in [3.05, 3.63) is 24.8 Å². The molecule has 0 aromatic carbocycles. The Morgan fingerprint density at radius 3 is 2.70 bits per heavy atom. The first-order valence-electron chi connectivity index (χ1n) is 7.20. The van der Waals surface area contributed by atoms with Crippen molar-refractivity contribution in [1.82, 2.24) is 19.5 Å². The molecular weight excluding hydrogens is 300 g/mol. The average Bonchev–Trinajstić information content (AvgIpc) is 3.09. The smallest absolute Gasteiger partial charge is 0.330 e. The van der Waals surface area contributed by atoms with Crippen LogP contribution >= 0.6 is 0 Å². The lowest BCUT2D eigenvalue weighted by molar-refractivity contribution is -0.148. The van der Waals surface area contributed by atoms with E-state index in [0.717, 1.165) is 0 Å². The number of rotatable bonds is 4. The number of ether oxygens (including phenoxy) is 1. The number of piperidine rings is 1. The van der Waals surface area contributed by atoms with Gasteiger partial charge in [0.15, 0.2) is 0 Å². The monoisotopic (exact) mass is 318 g/mol. The normalized spacial score (nSPS) is 17.0. The van der Waals surface area contributed by atoms with Gasteiger partial charge in [0.2, 0.25) is 11.8 Å². The second-order valence-corrected chi connectivity index (χ2v) is 5.42. The second kappa shape index (κ2) is 5.75. The summed E-state index contributed by atoms with van der Waals surface area (Å²) in [5, 5.41) is 9.71. The fraction of sp³-hybridized carbons (Fsp3) is 0.429. The van der Waals surface area contributed by atoms with Crippen LogP contribution in [0.3, 0.4) is 0 Å². The largest absolute Gasteiger partial charge is 0.481 e. The molecule has 3 N–H and O–H groups in total. The summed E-state index contributed by atoms with van der Waals surface area (Å²) in [4.78, 5) is 26.0. The van der Waals surface area contributed by atoms with Gasteiger partial charge in [0.25, 0.3) is 0 Å². The van der Waals surface area contributed by atoms with Crippen molar-refractivity contribution in [3.8, 4) is 5.88 Å². The maximum atomic E-state index is 11.8. The summed E-state index contributed by atoms with van der Waals surface area (Å²) >= 11 is 0. The molecule has 0 amide bonds. The first kappa shape index (κ1) is 15.1. The van der Waals surface area contributed by atoms with Crippen LogP contribution in [0.25, 0.3) is 0 Å². The van der Waals surface area contributed by atoms with Crippen LogP contribution in [0.5, 0.6) is 5.88 Å². The summed E-state index contributed by atoms with van der Waals surface area (Å²) in [6.45, 7) is 1.06. The Morgan fingerprint density at radius 1 is 1.39 bits per heavy atom. The predicted octanol–water partition coefficient (Wildman–Crippen LogP) is 0.344. The van der Waals surface area contributed by atoms with E-state index in [0.29, 0.717) is 37.6 Å². The second-order valence-electron chi connectivity index (χ2n) is 5.42. The van der Waals surface area contributed by atoms with Gasteiger partial charge in [-0.15, -0.1) is 0 Å². The lowest BCUT2D eigenvalue weighted by Gasteiger charge is -2.40. The van der Waals surface area contributed by atoms with Crippen LogP contribution in [0.2, 0.25) is 0 Å². The zero-order chi connectivity index (χ0) is 16.4. The molecule has 3 heterocycles. The van der Waals surface area contributed by atoms with Crippen LogP contribution in [-0.4, -0.2) is 50.8 Å². The van der Waals surface area contributed by atoms with Crippen molar-refractivity contribution < 1.29 is 14.6 Å². The molecule has 23 heavy (non-hydrogen) atoms. The van der Waals surface area contributed by atoms with E-state index < -0.39 is 11.5 Å². The van der Waals surface area contributed by atoms with Crippen molar-refractivity contribution in [2.75, 3.05) is 30.8 Å². The first-order chi connectivity index (χ1) is 11.0. The van der Waals surface area contributed by atoms with Gasteiger partial charge < -0.3 is 25.0 Å². The molecule has 1 saturated heterocycles. The number of imidazole rings is 1. The van der Waals surface area contributed by atoms with Gasteiger partial charge in [0, 0.05) is 31.5 Å². The number of carboxylic acid groups (broad SMARTS) is 1. The number of aliphatic carboxylic acids is 1. The van der Waals surface area contributed by atoms with Crippen LogP contribution in [-0.2, 0) is 10.3 Å². The Kier molecular flexibility index (Phi) is 3.77. The highest BCUT2D eigenvalue weighted by atomic mass is 16.5. The van der Waals surface area contributed by atoms with Gasteiger partial charge in [0.1, 0.15) is 11.4 Å². The summed E-state index contributed by atoms with van der Waals surface area (Å²) in [6.07, 6.45) is 5.70. The lowest BCUT2D eigenvalue weighted by Crippen LogP contribution is -2.51. The molecule has 3 rings (SSSR count). The molecule has 9 nitrogen and oxygen atoms in total. The molecule has 1 aliphatic heterocycles. The predicted molar refractivity (Wildman–Crippen MR) is 82.3 cm³/mol. The zero-order valence-electron chi connectivity index (χ0n) is 12.7. The molecule has 1 fully saturated rings. The third kappa shape index (κ3) is 2.65. The third-order valence-corrected chi connectivity index (χ3v) is 4.23. The fourth-order valence-electron chi connectivity index (χ4n) is 2.90. The molecule has 0 saturated carbocycles. The Hall–Kier alpha value is -2.84. The summed E-state index contributed by atoms with van der Waals surface area (Å²) in [5.74, 6) is 0.301. The van der Waals surface area contributed by atoms with E-state index in [1.165, 1.54) is 7.11 Å². The summed E-state index contributed by atoms with van der Waals surface area (Å²) < 4.78 is 6.77. The molecule has 9 heteroatoms. The molecule has 0 unspecified atom stereocenters. The number of hydrogen-bond acceptors (Lipinski definition) is 7. The van der Waals surface area contributed by atoms with E-state index in [4.69, 9.17) is 10.5 Å². The van der Waals surface area contributed by atoms with Gasteiger partial charge in [-0.2, -0.15) is 9.97 Å². The minimum absolute atomic E-state index is 0.129. The van der Waals surface area contributed by atoms with Crippen LogP contribution in [0.1, 0.15) is 12.8 Å². The van der Waals surface area contributed by atoms with Crippen LogP contribution in [0.4, 0.5) is 11.8 Å². The van der Waals surface area contributed by atoms with Gasteiger partial charge in [-0.25, -0.2) is 9.78 Å². The summed E-state index contributed by atoms with van der Waals surface area (Å²) in [7, 11) is 1.51. The first-order valence-corrected chi connectivity index (χ1v) is 7.20. The summed E-state index contributed by atoms with van der Waals surface area (Å²) in [5.41, 5.74) is 4.71. The number of methoxy groups -OCH3 is 1. The Labute approximate surface area is 132 Å². The number of aromatic nitrogens is 4. The molecule has 0 atom stereocenters. The van der Waals surface area contributed by atoms with Crippen LogP contribution in [0, 0.1) is 0 Å². The molecule has 1 aliphatic rings. The quantitative estimate of drug-likeness (QED) is 0.828. The molecule has 0 bridgehead atoms. The van der Waals surface area contributed by atoms with E-state index in [-0.39, 0.29) is 5.95 Å². The van der Waals surface area contributed by atoms with Crippen LogP contribution in [0.15, 0.2) is 24.8 Å². The van der Waals surface area contributed by atoms with Crippen molar-refractivity contribution in [3.63, 3.8) is 0 Å². The number of anilines is 2. The van der Waals surface area contributed by atoms with Gasteiger partial charge in [-0.1, -0.05) is 0 Å². The van der Waals surface area contributed by atoms with Crippen molar-refractivity contribution in [1.29, 1.82) is 0 Å². The van der Waals surface area contributed by atoms with Gasteiger partial charge in [-0.3, -0.25) is 0 Å². The average molecular weight is 318 g/mol. The Balaban J connectivity index is 1.82. The van der Waals surface area contributed by atoms with Crippen molar-refractivity contribution in [2.45, 2.75) is 18.4 Å². The number of carbonyl (C=O) groups is 1. The highest BCUT2D eigenvalue weighted by molar-refractivity contribution is 5.77. The Bertz CT molecular complexity index is 695. The topological polar surface area (TPSA) is 119 Å². The van der Waals surface area contributed by atoms with Gasteiger partial charge in [0.05, 0.1) is 13.4 Å². The van der Waals surface area contributed by atoms with E-state index in [1.54, 1.807) is 29.4 Å². The number of nitrogens with two attached hydrogens (primary N) is 1. The van der Waals surface area contributed by atoms with Crippen LogP contribution < -0.4 is 15.4 Å². The summed E-state index contributed by atoms with van der Waals surface area (Å²) in [6, 6.07) is 1.70. The van der Waals surface area contributed by atoms with E-state index in [9.17, 15) is 9.90 Å². The number of nitrogen functional groups attached to an aromatic ring is 1. The highest BCUT2D eigenvalue weighted by Gasteiger charge is 2.43. The molecule has 0 radical (unpaired) electrons.